The van der Waals surface area contributed by atoms with Crippen molar-refractivity contribution in [2.24, 2.45) is 0 Å². The summed E-state index contributed by atoms with van der Waals surface area (Å²) in [6, 6.07) is 5.14. The third-order valence-corrected chi connectivity index (χ3v) is 6.34. The molecule has 5 nitrogen and oxygen atoms in total. The van der Waals surface area contributed by atoms with Crippen molar-refractivity contribution < 1.29 is 13.2 Å². The number of benzene rings is 1. The van der Waals surface area contributed by atoms with Crippen LogP contribution in [0.3, 0.4) is 0 Å². The summed E-state index contributed by atoms with van der Waals surface area (Å²) in [6.45, 7) is 4.25. The lowest BCUT2D eigenvalue weighted by molar-refractivity contribution is 0.261. The Morgan fingerprint density at radius 2 is 2.05 bits per heavy atom. The van der Waals surface area contributed by atoms with Gasteiger partial charge in [-0.1, -0.05) is 22.9 Å². The van der Waals surface area contributed by atoms with Crippen LogP contribution < -0.4 is 10.1 Å². The molecule has 1 aromatic carbocycles. The van der Waals surface area contributed by atoms with Gasteiger partial charge in [-0.25, -0.2) is 8.42 Å². The molecule has 0 spiro atoms. The van der Waals surface area contributed by atoms with E-state index in [1.165, 1.54) is 7.11 Å². The van der Waals surface area contributed by atoms with Gasteiger partial charge in [-0.2, -0.15) is 4.31 Å². The highest BCUT2D eigenvalue weighted by Gasteiger charge is 2.33. The van der Waals surface area contributed by atoms with Crippen molar-refractivity contribution in [1.82, 2.24) is 9.62 Å². The number of nitrogens with one attached hydrogen (secondary N) is 1. The molecule has 0 radical (unpaired) electrons. The minimum Gasteiger partial charge on any atom is -0.495 e. The number of methoxy groups -OCH3 is 1. The van der Waals surface area contributed by atoms with Crippen molar-refractivity contribution in [3.8, 4) is 5.75 Å². The predicted octanol–water partition coefficient (Wildman–Crippen LogP) is 2.61. The molecule has 1 aromatic rings. The second-order valence-corrected chi connectivity index (χ2v) is 8.17. The molecule has 1 aliphatic rings. The van der Waals surface area contributed by atoms with Crippen LogP contribution in [0.4, 0.5) is 0 Å². The molecule has 0 aliphatic carbocycles. The Labute approximate surface area is 141 Å². The van der Waals surface area contributed by atoms with Crippen LogP contribution in [0.1, 0.15) is 26.2 Å². The number of hydrogen-bond acceptors (Lipinski definition) is 4. The zero-order chi connectivity index (χ0) is 16.2. The summed E-state index contributed by atoms with van der Waals surface area (Å²) in [4.78, 5) is 0.233. The fourth-order valence-electron chi connectivity index (χ4n) is 2.79. The SMILES string of the molecule is CCCN(C1CCNCC1)S(=O)(=O)c1cc(Br)ccc1OC. The van der Waals surface area contributed by atoms with E-state index >= 15 is 0 Å². The van der Waals surface area contributed by atoms with E-state index in [-0.39, 0.29) is 10.9 Å². The van der Waals surface area contributed by atoms with Crippen LogP contribution in [0.15, 0.2) is 27.6 Å². The second-order valence-electron chi connectivity index (χ2n) is 5.39. The first-order valence-corrected chi connectivity index (χ1v) is 9.80. The van der Waals surface area contributed by atoms with Gasteiger partial charge in [-0.05, 0) is 50.6 Å². The van der Waals surface area contributed by atoms with Crippen LogP contribution >= 0.6 is 15.9 Å². The molecule has 22 heavy (non-hydrogen) atoms. The highest BCUT2D eigenvalue weighted by Crippen LogP contribution is 2.32. The van der Waals surface area contributed by atoms with Crippen LogP contribution in [0.5, 0.6) is 5.75 Å². The van der Waals surface area contributed by atoms with Crippen LogP contribution in [0, 0.1) is 0 Å². The summed E-state index contributed by atoms with van der Waals surface area (Å²) in [5.41, 5.74) is 0. The molecule has 0 amide bonds. The molecule has 2 rings (SSSR count). The van der Waals surface area contributed by atoms with Crippen molar-refractivity contribution in [2.75, 3.05) is 26.7 Å². The number of ether oxygens (including phenoxy) is 1. The first kappa shape index (κ1) is 17.7. The predicted molar refractivity (Wildman–Crippen MR) is 90.8 cm³/mol. The van der Waals surface area contributed by atoms with Crippen LogP contribution in [-0.4, -0.2) is 45.5 Å². The van der Waals surface area contributed by atoms with Crippen molar-refractivity contribution in [3.05, 3.63) is 22.7 Å². The van der Waals surface area contributed by atoms with Crippen molar-refractivity contribution in [3.63, 3.8) is 0 Å². The number of sulfonamides is 1. The molecule has 1 N–H and O–H groups in total. The smallest absolute Gasteiger partial charge is 0.247 e. The van der Waals surface area contributed by atoms with Gasteiger partial charge in [0.25, 0.3) is 0 Å². The van der Waals surface area contributed by atoms with Gasteiger partial charge in [-0.3, -0.25) is 0 Å². The lowest BCUT2D eigenvalue weighted by atomic mass is 10.1. The van der Waals surface area contributed by atoms with E-state index < -0.39 is 10.0 Å². The molecule has 124 valence electrons. The first-order valence-electron chi connectivity index (χ1n) is 7.56. The van der Waals surface area contributed by atoms with Gasteiger partial charge in [0.2, 0.25) is 10.0 Å². The van der Waals surface area contributed by atoms with Crippen LogP contribution in [-0.2, 0) is 10.0 Å². The Morgan fingerprint density at radius 1 is 1.36 bits per heavy atom. The Balaban J connectivity index is 2.42. The zero-order valence-corrected chi connectivity index (χ0v) is 15.4. The number of hydrogen-bond donors (Lipinski definition) is 1. The molecule has 0 atom stereocenters. The van der Waals surface area contributed by atoms with Crippen molar-refractivity contribution >= 4 is 26.0 Å². The third kappa shape index (κ3) is 3.82. The summed E-state index contributed by atoms with van der Waals surface area (Å²) in [6.07, 6.45) is 2.48. The second kappa shape index (κ2) is 7.77. The lowest BCUT2D eigenvalue weighted by Crippen LogP contribution is -2.46. The van der Waals surface area contributed by atoms with Crippen molar-refractivity contribution in [2.45, 2.75) is 37.1 Å². The monoisotopic (exact) mass is 390 g/mol. The maximum Gasteiger partial charge on any atom is 0.247 e. The minimum atomic E-state index is -3.58. The van der Waals surface area contributed by atoms with Crippen molar-refractivity contribution in [1.29, 1.82) is 0 Å². The van der Waals surface area contributed by atoms with Crippen LogP contribution in [0.25, 0.3) is 0 Å². The highest BCUT2D eigenvalue weighted by molar-refractivity contribution is 9.10. The minimum absolute atomic E-state index is 0.0508. The standard InChI is InChI=1S/C15H23BrN2O3S/c1-3-10-18(13-6-8-17-9-7-13)22(19,20)15-11-12(16)4-5-14(15)21-2/h4-5,11,13,17H,3,6-10H2,1-2H3. The number of nitrogens with zero attached hydrogens (tertiary/aromatic N) is 1. The molecule has 0 unspecified atom stereocenters. The molecule has 0 bridgehead atoms. The molecule has 0 saturated carbocycles. The Bertz CT molecular complexity index is 601. The van der Waals surface area contributed by atoms with E-state index in [1.54, 1.807) is 22.5 Å². The van der Waals surface area contributed by atoms with Gasteiger partial charge in [-0.15, -0.1) is 0 Å². The summed E-state index contributed by atoms with van der Waals surface area (Å²) in [7, 11) is -2.08. The Kier molecular flexibility index (Phi) is 6.26. The van der Waals surface area contributed by atoms with E-state index in [1.807, 2.05) is 6.92 Å². The van der Waals surface area contributed by atoms with Gasteiger partial charge in [0.15, 0.2) is 0 Å². The molecule has 1 aliphatic heterocycles. The fraction of sp³-hybridized carbons (Fsp3) is 0.600. The summed E-state index contributed by atoms with van der Waals surface area (Å²) < 4.78 is 34.0. The Hall–Kier alpha value is -0.630. The lowest BCUT2D eigenvalue weighted by Gasteiger charge is -2.33. The quantitative estimate of drug-likeness (QED) is 0.810. The van der Waals surface area contributed by atoms with E-state index in [4.69, 9.17) is 4.74 Å². The molecule has 1 saturated heterocycles. The van der Waals surface area contributed by atoms with Crippen LogP contribution in [0.2, 0.25) is 0 Å². The molecule has 1 heterocycles. The van der Waals surface area contributed by atoms with E-state index in [0.29, 0.717) is 12.3 Å². The van der Waals surface area contributed by atoms with E-state index in [0.717, 1.165) is 36.8 Å². The summed E-state index contributed by atoms with van der Waals surface area (Å²) in [5, 5.41) is 3.28. The molecule has 0 aromatic heterocycles. The fourth-order valence-corrected chi connectivity index (χ4v) is 5.27. The zero-order valence-electron chi connectivity index (χ0n) is 13.0. The Morgan fingerprint density at radius 3 is 2.64 bits per heavy atom. The van der Waals surface area contributed by atoms with E-state index in [9.17, 15) is 8.42 Å². The van der Waals surface area contributed by atoms with Gasteiger partial charge < -0.3 is 10.1 Å². The normalized spacial score (nSPS) is 16.9. The third-order valence-electron chi connectivity index (χ3n) is 3.87. The van der Waals surface area contributed by atoms with E-state index in [2.05, 4.69) is 21.2 Å². The number of rotatable bonds is 6. The highest BCUT2D eigenvalue weighted by atomic mass is 79.9. The average molecular weight is 391 g/mol. The number of piperidine rings is 1. The molecule has 1 fully saturated rings. The maximum atomic E-state index is 13.2. The van der Waals surface area contributed by atoms with Gasteiger partial charge in [0.1, 0.15) is 10.6 Å². The molecular formula is C15H23BrN2O3S. The summed E-state index contributed by atoms with van der Waals surface area (Å²) >= 11 is 3.35. The average Bonchev–Trinajstić information content (AvgIpc) is 2.53. The molecular weight excluding hydrogens is 368 g/mol. The number of halogens is 1. The summed E-state index contributed by atoms with van der Waals surface area (Å²) in [5.74, 6) is 0.387. The van der Waals surface area contributed by atoms with Gasteiger partial charge in [0.05, 0.1) is 7.11 Å². The molecule has 7 heteroatoms. The largest absolute Gasteiger partial charge is 0.495 e. The topological polar surface area (TPSA) is 58.6 Å². The first-order chi connectivity index (χ1) is 10.5. The van der Waals surface area contributed by atoms with Gasteiger partial charge in [0, 0.05) is 17.1 Å². The maximum absolute atomic E-state index is 13.2. The van der Waals surface area contributed by atoms with Gasteiger partial charge >= 0.3 is 0 Å².